The summed E-state index contributed by atoms with van der Waals surface area (Å²) in [5.74, 6) is -0.252. The molecule has 0 amide bonds. The van der Waals surface area contributed by atoms with Crippen molar-refractivity contribution < 1.29 is 17.9 Å². The molecule has 0 saturated heterocycles. The molecule has 1 heterocycles. The van der Waals surface area contributed by atoms with Crippen molar-refractivity contribution in [3.63, 3.8) is 0 Å². The second-order valence-electron chi connectivity index (χ2n) is 4.26. The van der Waals surface area contributed by atoms with Crippen LogP contribution in [0.15, 0.2) is 36.4 Å². The minimum atomic E-state index is -4.69. The van der Waals surface area contributed by atoms with Crippen LogP contribution in [0.2, 0.25) is 0 Å². The number of rotatable bonds is 4. The van der Waals surface area contributed by atoms with E-state index >= 15 is 0 Å². The van der Waals surface area contributed by atoms with Gasteiger partial charge in [0, 0.05) is 9.75 Å². The van der Waals surface area contributed by atoms with Crippen LogP contribution in [0.1, 0.15) is 28.3 Å². The lowest BCUT2D eigenvalue weighted by molar-refractivity contribution is -0.274. The number of alkyl halides is 3. The Morgan fingerprint density at radius 1 is 1.25 bits per heavy atom. The third kappa shape index (κ3) is 3.74. The van der Waals surface area contributed by atoms with Gasteiger partial charge in [-0.25, -0.2) is 0 Å². The molecule has 6 heteroatoms. The zero-order valence-electron chi connectivity index (χ0n) is 10.8. The van der Waals surface area contributed by atoms with E-state index in [0.717, 1.165) is 11.3 Å². The highest BCUT2D eigenvalue weighted by Crippen LogP contribution is 2.30. The van der Waals surface area contributed by atoms with Gasteiger partial charge in [-0.15, -0.1) is 24.5 Å². The van der Waals surface area contributed by atoms with Crippen molar-refractivity contribution in [2.75, 3.05) is 0 Å². The van der Waals surface area contributed by atoms with Crippen LogP contribution in [0.4, 0.5) is 13.2 Å². The quantitative estimate of drug-likeness (QED) is 0.916. The van der Waals surface area contributed by atoms with Crippen molar-refractivity contribution in [2.24, 2.45) is 5.73 Å². The minimum absolute atomic E-state index is 0.252. The number of halogens is 3. The topological polar surface area (TPSA) is 35.2 Å². The number of nitrogens with two attached hydrogens (primary N) is 1. The maximum Gasteiger partial charge on any atom is 0.573 e. The van der Waals surface area contributed by atoms with Crippen molar-refractivity contribution >= 4 is 11.3 Å². The molecule has 2 aromatic rings. The summed E-state index contributed by atoms with van der Waals surface area (Å²) in [5, 5.41) is 0. The molecule has 108 valence electrons. The maximum absolute atomic E-state index is 12.2. The molecular weight excluding hydrogens is 287 g/mol. The van der Waals surface area contributed by atoms with E-state index in [4.69, 9.17) is 5.73 Å². The Kier molecular flexibility index (Phi) is 4.35. The Bertz CT molecular complexity index is 580. The van der Waals surface area contributed by atoms with Gasteiger partial charge in [0.05, 0.1) is 6.04 Å². The Balaban J connectivity index is 2.21. The molecule has 0 fully saturated rings. The van der Waals surface area contributed by atoms with Gasteiger partial charge in [0.2, 0.25) is 0 Å². The first-order valence-corrected chi connectivity index (χ1v) is 6.90. The summed E-state index contributed by atoms with van der Waals surface area (Å²) in [6, 6.07) is 9.22. The van der Waals surface area contributed by atoms with E-state index in [0.29, 0.717) is 5.56 Å². The van der Waals surface area contributed by atoms with Crippen LogP contribution in [0.25, 0.3) is 0 Å². The molecule has 0 radical (unpaired) electrons. The summed E-state index contributed by atoms with van der Waals surface area (Å²) >= 11 is 1.57. The van der Waals surface area contributed by atoms with E-state index in [-0.39, 0.29) is 5.75 Å². The molecule has 1 unspecified atom stereocenters. The fourth-order valence-corrected chi connectivity index (χ4v) is 2.80. The lowest BCUT2D eigenvalue weighted by Crippen LogP contribution is -2.17. The Morgan fingerprint density at radius 3 is 2.60 bits per heavy atom. The van der Waals surface area contributed by atoms with Crippen LogP contribution in [0, 0.1) is 0 Å². The lowest BCUT2D eigenvalue weighted by atomic mass is 10.1. The summed E-state index contributed by atoms with van der Waals surface area (Å²) in [6.07, 6.45) is -3.78. The molecule has 2 nitrogen and oxygen atoms in total. The third-order valence-electron chi connectivity index (χ3n) is 2.79. The molecular formula is C14H14F3NOS. The van der Waals surface area contributed by atoms with Crippen LogP contribution >= 0.6 is 11.3 Å². The second kappa shape index (κ2) is 5.85. The van der Waals surface area contributed by atoms with E-state index in [1.165, 1.54) is 23.1 Å². The fourth-order valence-electron chi connectivity index (χ4n) is 1.82. The number of thiophene rings is 1. The molecule has 2 rings (SSSR count). The average molecular weight is 301 g/mol. The highest BCUT2D eigenvalue weighted by Gasteiger charge is 2.31. The van der Waals surface area contributed by atoms with Gasteiger partial charge in [0.15, 0.2) is 0 Å². The molecule has 0 spiro atoms. The Morgan fingerprint density at radius 2 is 2.00 bits per heavy atom. The molecule has 0 aliphatic rings. The Hall–Kier alpha value is -1.53. The maximum atomic E-state index is 12.2. The number of hydrogen-bond donors (Lipinski definition) is 1. The molecule has 0 bridgehead atoms. The number of aryl methyl sites for hydroxylation is 1. The molecule has 1 atom stereocenters. The van der Waals surface area contributed by atoms with E-state index in [2.05, 4.69) is 4.74 Å². The van der Waals surface area contributed by atoms with Crippen molar-refractivity contribution in [2.45, 2.75) is 25.7 Å². The van der Waals surface area contributed by atoms with Gasteiger partial charge in [-0.05, 0) is 36.2 Å². The molecule has 0 saturated carbocycles. The normalized spacial score (nSPS) is 13.2. The first-order chi connectivity index (χ1) is 9.39. The summed E-state index contributed by atoms with van der Waals surface area (Å²) < 4.78 is 40.5. The molecule has 1 aromatic carbocycles. The van der Waals surface area contributed by atoms with Crippen LogP contribution in [-0.4, -0.2) is 6.36 Å². The molecule has 0 aliphatic heterocycles. The van der Waals surface area contributed by atoms with Crippen LogP contribution < -0.4 is 10.5 Å². The van der Waals surface area contributed by atoms with Gasteiger partial charge in [-0.3, -0.25) is 0 Å². The monoisotopic (exact) mass is 301 g/mol. The van der Waals surface area contributed by atoms with Crippen molar-refractivity contribution in [1.29, 1.82) is 0 Å². The van der Waals surface area contributed by atoms with Gasteiger partial charge in [-0.2, -0.15) is 0 Å². The van der Waals surface area contributed by atoms with Gasteiger partial charge < -0.3 is 10.5 Å². The van der Waals surface area contributed by atoms with Crippen molar-refractivity contribution in [1.82, 2.24) is 0 Å². The SMILES string of the molecule is CCc1ccc(C(N)c2cccc(OC(F)(F)F)c2)s1. The highest BCUT2D eigenvalue weighted by molar-refractivity contribution is 7.12. The average Bonchev–Trinajstić information content (AvgIpc) is 2.85. The predicted octanol–water partition coefficient (Wildman–Crippen LogP) is 4.26. The highest BCUT2D eigenvalue weighted by atomic mass is 32.1. The molecule has 1 aromatic heterocycles. The fraction of sp³-hybridized carbons (Fsp3) is 0.286. The number of benzene rings is 1. The first kappa shape index (κ1) is 14.9. The largest absolute Gasteiger partial charge is 0.573 e. The van der Waals surface area contributed by atoms with Crippen LogP contribution in [0.5, 0.6) is 5.75 Å². The first-order valence-electron chi connectivity index (χ1n) is 6.09. The van der Waals surface area contributed by atoms with Gasteiger partial charge in [-0.1, -0.05) is 19.1 Å². The van der Waals surface area contributed by atoms with Gasteiger partial charge >= 0.3 is 6.36 Å². The van der Waals surface area contributed by atoms with E-state index in [1.807, 2.05) is 19.1 Å². The smallest absolute Gasteiger partial charge is 0.406 e. The van der Waals surface area contributed by atoms with Crippen molar-refractivity contribution in [3.8, 4) is 5.75 Å². The zero-order chi connectivity index (χ0) is 14.8. The summed E-state index contributed by atoms with van der Waals surface area (Å²) in [6.45, 7) is 2.04. The predicted molar refractivity (Wildman–Crippen MR) is 72.9 cm³/mol. The molecule has 2 N–H and O–H groups in total. The van der Waals surface area contributed by atoms with Crippen molar-refractivity contribution in [3.05, 3.63) is 51.7 Å². The number of ether oxygens (including phenoxy) is 1. The van der Waals surface area contributed by atoms with E-state index in [1.54, 1.807) is 17.4 Å². The minimum Gasteiger partial charge on any atom is -0.406 e. The molecule has 20 heavy (non-hydrogen) atoms. The summed E-state index contributed by atoms with van der Waals surface area (Å²) in [4.78, 5) is 2.11. The summed E-state index contributed by atoms with van der Waals surface area (Å²) in [5.41, 5.74) is 6.68. The van der Waals surface area contributed by atoms with Gasteiger partial charge in [0.1, 0.15) is 5.75 Å². The standard InChI is InChI=1S/C14H14F3NOS/c1-2-11-6-7-12(20-11)13(18)9-4-3-5-10(8-9)19-14(15,16)17/h3-8,13H,2,18H2,1H3. The zero-order valence-corrected chi connectivity index (χ0v) is 11.6. The van der Waals surface area contributed by atoms with E-state index < -0.39 is 12.4 Å². The third-order valence-corrected chi connectivity index (χ3v) is 4.10. The lowest BCUT2D eigenvalue weighted by Gasteiger charge is -2.13. The van der Waals surface area contributed by atoms with Crippen LogP contribution in [-0.2, 0) is 6.42 Å². The second-order valence-corrected chi connectivity index (χ2v) is 5.46. The van der Waals surface area contributed by atoms with E-state index in [9.17, 15) is 13.2 Å². The summed E-state index contributed by atoms with van der Waals surface area (Å²) in [7, 11) is 0. The number of hydrogen-bond acceptors (Lipinski definition) is 3. The Labute approximate surface area is 119 Å². The van der Waals surface area contributed by atoms with Gasteiger partial charge in [0.25, 0.3) is 0 Å². The molecule has 0 aliphatic carbocycles. The van der Waals surface area contributed by atoms with Crippen LogP contribution in [0.3, 0.4) is 0 Å².